The van der Waals surface area contributed by atoms with E-state index >= 15 is 8.78 Å². The number of amides is 1. The van der Waals surface area contributed by atoms with Gasteiger partial charge in [0, 0.05) is 14.0 Å². The minimum absolute atomic E-state index is 0.112. The zero-order chi connectivity index (χ0) is 21.9. The summed E-state index contributed by atoms with van der Waals surface area (Å²) in [7, 11) is 1.31. The van der Waals surface area contributed by atoms with Crippen LogP contribution in [0.25, 0.3) is 0 Å². The van der Waals surface area contributed by atoms with Crippen LogP contribution >= 0.6 is 0 Å². The average molecular weight is 424 g/mol. The van der Waals surface area contributed by atoms with Gasteiger partial charge in [0.2, 0.25) is 5.91 Å². The Morgan fingerprint density at radius 2 is 2.14 bits per heavy atom. The van der Waals surface area contributed by atoms with Gasteiger partial charge in [-0.05, 0) is 0 Å². The standard InChI is InChI=1S/C15H22F2N4O8/c1-6(23)19-9-10(21-7(5-28-2)3-18-20-21)13(16)15(17,14(26)27)29-12(9)11(25)8(24)4-22/h3,8-13,22,24-25H,4-5H2,1-2H3,(H,19,23)(H,26,27)/t8-,9-,10-,11-,12-,13?,15?/m1/s1. The zero-order valence-electron chi connectivity index (χ0n) is 15.5. The number of halogens is 2. The number of hydrogen-bond donors (Lipinski definition) is 5. The molecule has 2 heterocycles. The van der Waals surface area contributed by atoms with Gasteiger partial charge in [0.1, 0.15) is 24.4 Å². The van der Waals surface area contributed by atoms with Gasteiger partial charge in [0.05, 0.1) is 31.1 Å². The van der Waals surface area contributed by atoms with E-state index in [2.05, 4.69) is 15.6 Å². The molecule has 1 aliphatic heterocycles. The smallest absolute Gasteiger partial charge is 0.372 e. The highest BCUT2D eigenvalue weighted by atomic mass is 19.2. The lowest BCUT2D eigenvalue weighted by molar-refractivity contribution is -0.283. The van der Waals surface area contributed by atoms with Crippen molar-refractivity contribution in [3.8, 4) is 0 Å². The maximum absolute atomic E-state index is 15.2. The predicted octanol–water partition coefficient (Wildman–Crippen LogP) is -2.33. The molecule has 164 valence electrons. The lowest BCUT2D eigenvalue weighted by Crippen LogP contribution is -2.69. The first kappa shape index (κ1) is 23.0. The van der Waals surface area contributed by atoms with Gasteiger partial charge in [-0.1, -0.05) is 5.21 Å². The Morgan fingerprint density at radius 3 is 2.66 bits per heavy atom. The Labute approximate surface area is 163 Å². The van der Waals surface area contributed by atoms with Crippen LogP contribution in [0.2, 0.25) is 0 Å². The fourth-order valence-corrected chi connectivity index (χ4v) is 3.16. The van der Waals surface area contributed by atoms with E-state index in [0.29, 0.717) is 0 Å². The van der Waals surface area contributed by atoms with Gasteiger partial charge in [-0.15, -0.1) is 5.10 Å². The molecule has 7 atom stereocenters. The molecule has 29 heavy (non-hydrogen) atoms. The number of carboxylic acids is 1. The molecule has 0 aliphatic carbocycles. The Hall–Kier alpha value is -2.26. The van der Waals surface area contributed by atoms with E-state index in [1.165, 1.54) is 7.11 Å². The van der Waals surface area contributed by atoms with Crippen LogP contribution in [0, 0.1) is 0 Å². The lowest BCUT2D eigenvalue weighted by Gasteiger charge is -2.47. The van der Waals surface area contributed by atoms with Crippen molar-refractivity contribution in [2.45, 2.75) is 56.0 Å². The van der Waals surface area contributed by atoms with Gasteiger partial charge >= 0.3 is 11.8 Å². The second-order valence-electron chi connectivity index (χ2n) is 6.49. The number of aromatic nitrogens is 3. The number of carboxylic acid groups (broad SMARTS) is 1. The number of aliphatic carboxylic acids is 1. The number of rotatable bonds is 8. The number of carbonyl (C=O) groups excluding carboxylic acids is 1. The predicted molar refractivity (Wildman–Crippen MR) is 87.7 cm³/mol. The molecule has 0 saturated carbocycles. The van der Waals surface area contributed by atoms with E-state index in [9.17, 15) is 24.9 Å². The zero-order valence-corrected chi connectivity index (χ0v) is 15.5. The summed E-state index contributed by atoms with van der Waals surface area (Å²) < 4.78 is 40.7. The second kappa shape index (κ2) is 9.04. The molecule has 1 aromatic rings. The molecule has 0 radical (unpaired) electrons. The molecular formula is C15H22F2N4O8. The van der Waals surface area contributed by atoms with Crippen molar-refractivity contribution in [2.75, 3.05) is 13.7 Å². The molecule has 5 N–H and O–H groups in total. The molecule has 1 fully saturated rings. The number of nitrogens with zero attached hydrogens (tertiary/aromatic N) is 3. The molecule has 1 aliphatic rings. The largest absolute Gasteiger partial charge is 0.477 e. The monoisotopic (exact) mass is 424 g/mol. The molecule has 0 aromatic carbocycles. The number of nitrogens with one attached hydrogen (secondary N) is 1. The Morgan fingerprint density at radius 1 is 1.48 bits per heavy atom. The number of aliphatic hydroxyl groups is 3. The molecular weight excluding hydrogens is 402 g/mol. The minimum Gasteiger partial charge on any atom is -0.477 e. The Bertz CT molecular complexity index is 737. The summed E-state index contributed by atoms with van der Waals surface area (Å²) in [6, 6.07) is -3.45. The summed E-state index contributed by atoms with van der Waals surface area (Å²) >= 11 is 0. The van der Waals surface area contributed by atoms with Crippen LogP contribution in [0.15, 0.2) is 6.20 Å². The third-order valence-electron chi connectivity index (χ3n) is 4.49. The molecule has 1 saturated heterocycles. The SMILES string of the molecule is COCc1cnnn1[C@H]1C(F)C(F)(C(=O)O)O[C@@H]([C@H](O)[C@H](O)CO)[C@@H]1NC(C)=O. The first-order chi connectivity index (χ1) is 13.6. The van der Waals surface area contributed by atoms with Crippen LogP contribution in [0.4, 0.5) is 8.78 Å². The fraction of sp³-hybridized carbons (Fsp3) is 0.733. The molecule has 2 unspecified atom stereocenters. The summed E-state index contributed by atoms with van der Waals surface area (Å²) in [6.07, 6.45) is -7.72. The van der Waals surface area contributed by atoms with Crippen LogP contribution in [-0.2, 0) is 25.7 Å². The summed E-state index contributed by atoms with van der Waals surface area (Å²) in [6.45, 7) is -0.118. The summed E-state index contributed by atoms with van der Waals surface area (Å²) in [4.78, 5) is 23.1. The highest BCUT2D eigenvalue weighted by Gasteiger charge is 2.64. The molecule has 14 heteroatoms. The van der Waals surface area contributed by atoms with Crippen LogP contribution < -0.4 is 5.32 Å². The van der Waals surface area contributed by atoms with Gasteiger partial charge in [-0.3, -0.25) is 4.79 Å². The maximum Gasteiger partial charge on any atom is 0.372 e. The lowest BCUT2D eigenvalue weighted by atomic mass is 9.86. The normalized spacial score (nSPS) is 31.8. The minimum atomic E-state index is -3.96. The fourth-order valence-electron chi connectivity index (χ4n) is 3.16. The first-order valence-corrected chi connectivity index (χ1v) is 8.44. The molecule has 2 rings (SSSR count). The first-order valence-electron chi connectivity index (χ1n) is 8.44. The summed E-state index contributed by atoms with van der Waals surface area (Å²) in [5.41, 5.74) is 0.112. The van der Waals surface area contributed by atoms with Crippen molar-refractivity contribution < 1.29 is 48.3 Å². The Balaban J connectivity index is 2.63. The van der Waals surface area contributed by atoms with Crippen LogP contribution in [-0.4, -0.2) is 97.4 Å². The highest BCUT2D eigenvalue weighted by molar-refractivity contribution is 5.77. The van der Waals surface area contributed by atoms with Crippen LogP contribution in [0.1, 0.15) is 18.7 Å². The molecule has 0 spiro atoms. The van der Waals surface area contributed by atoms with Crippen LogP contribution in [0.3, 0.4) is 0 Å². The highest BCUT2D eigenvalue weighted by Crippen LogP contribution is 2.41. The number of ether oxygens (including phenoxy) is 2. The van der Waals surface area contributed by atoms with E-state index in [-0.39, 0.29) is 12.3 Å². The van der Waals surface area contributed by atoms with Crippen molar-refractivity contribution in [1.29, 1.82) is 0 Å². The summed E-state index contributed by atoms with van der Waals surface area (Å²) in [5.74, 6) is -7.04. The molecule has 0 bridgehead atoms. The van der Waals surface area contributed by atoms with Gasteiger partial charge < -0.3 is 35.2 Å². The topological polar surface area (TPSA) is 176 Å². The number of methoxy groups -OCH3 is 1. The van der Waals surface area contributed by atoms with Gasteiger partial charge in [0.25, 0.3) is 0 Å². The average Bonchev–Trinajstić information content (AvgIpc) is 3.11. The van der Waals surface area contributed by atoms with E-state index < -0.39 is 60.9 Å². The molecule has 1 amide bonds. The van der Waals surface area contributed by atoms with E-state index in [1.807, 2.05) is 0 Å². The van der Waals surface area contributed by atoms with E-state index in [0.717, 1.165) is 17.8 Å². The number of aliphatic hydroxyl groups excluding tert-OH is 3. The van der Waals surface area contributed by atoms with Gasteiger partial charge in [-0.25, -0.2) is 13.9 Å². The quantitative estimate of drug-likeness (QED) is 0.304. The van der Waals surface area contributed by atoms with E-state index in [1.54, 1.807) is 0 Å². The summed E-state index contributed by atoms with van der Waals surface area (Å²) in [5, 5.41) is 47.8. The second-order valence-corrected chi connectivity index (χ2v) is 6.49. The van der Waals surface area contributed by atoms with Crippen LogP contribution in [0.5, 0.6) is 0 Å². The van der Waals surface area contributed by atoms with Crippen molar-refractivity contribution in [2.24, 2.45) is 0 Å². The van der Waals surface area contributed by atoms with Crippen molar-refractivity contribution >= 4 is 11.9 Å². The third kappa shape index (κ3) is 4.35. The maximum atomic E-state index is 15.2. The number of alkyl halides is 2. The van der Waals surface area contributed by atoms with Crippen molar-refractivity contribution in [1.82, 2.24) is 20.3 Å². The van der Waals surface area contributed by atoms with Crippen molar-refractivity contribution in [3.05, 3.63) is 11.9 Å². The molecule has 12 nitrogen and oxygen atoms in total. The van der Waals surface area contributed by atoms with E-state index in [4.69, 9.17) is 14.6 Å². The third-order valence-corrected chi connectivity index (χ3v) is 4.49. The van der Waals surface area contributed by atoms with Crippen molar-refractivity contribution in [3.63, 3.8) is 0 Å². The van der Waals surface area contributed by atoms with Gasteiger partial charge in [0.15, 0.2) is 6.17 Å². The Kier molecular flexibility index (Phi) is 7.18. The molecule has 1 aromatic heterocycles. The number of carbonyl (C=O) groups is 2. The van der Waals surface area contributed by atoms with Gasteiger partial charge in [-0.2, -0.15) is 4.39 Å². The number of hydrogen-bond acceptors (Lipinski definition) is 9.